The second kappa shape index (κ2) is 6.21. The van der Waals surface area contributed by atoms with Crippen molar-refractivity contribution in [2.45, 2.75) is 26.2 Å². The van der Waals surface area contributed by atoms with E-state index in [0.717, 1.165) is 12.8 Å². The van der Waals surface area contributed by atoms with Gasteiger partial charge in [-0.25, -0.2) is 4.39 Å². The van der Waals surface area contributed by atoms with Gasteiger partial charge in [0.2, 0.25) is 0 Å². The molecule has 0 aliphatic rings. The summed E-state index contributed by atoms with van der Waals surface area (Å²) in [6.45, 7) is 5.81. The summed E-state index contributed by atoms with van der Waals surface area (Å²) in [6.07, 6.45) is 4.29. The molecular formula is C14H17FO. The third-order valence-corrected chi connectivity index (χ3v) is 2.61. The summed E-state index contributed by atoms with van der Waals surface area (Å²) in [4.78, 5) is 11.8. The van der Waals surface area contributed by atoms with Crippen molar-refractivity contribution in [3.05, 3.63) is 48.3 Å². The van der Waals surface area contributed by atoms with Crippen LogP contribution in [0.15, 0.2) is 36.9 Å². The molecule has 1 rings (SSSR count). The topological polar surface area (TPSA) is 17.1 Å². The first-order valence-corrected chi connectivity index (χ1v) is 5.58. The van der Waals surface area contributed by atoms with Crippen LogP contribution in [0.1, 0.15) is 36.5 Å². The number of rotatable bonds is 6. The molecule has 2 heteroatoms. The van der Waals surface area contributed by atoms with E-state index in [9.17, 15) is 9.18 Å². The molecule has 0 fully saturated rings. The van der Waals surface area contributed by atoms with Crippen molar-refractivity contribution >= 4 is 5.78 Å². The smallest absolute Gasteiger partial charge is 0.163 e. The highest BCUT2D eigenvalue weighted by Gasteiger charge is 2.11. The minimum atomic E-state index is -0.314. The number of carbonyl (C=O) groups is 1. The summed E-state index contributed by atoms with van der Waals surface area (Å²) in [5, 5.41) is 0. The van der Waals surface area contributed by atoms with Gasteiger partial charge in [-0.2, -0.15) is 0 Å². The fraction of sp³-hybridized carbons (Fsp3) is 0.357. The van der Waals surface area contributed by atoms with E-state index in [1.54, 1.807) is 0 Å². The molecule has 1 aromatic carbocycles. The summed E-state index contributed by atoms with van der Waals surface area (Å²) >= 11 is 0. The van der Waals surface area contributed by atoms with Crippen molar-refractivity contribution in [1.82, 2.24) is 0 Å². The van der Waals surface area contributed by atoms with E-state index in [2.05, 4.69) is 13.5 Å². The fourth-order valence-electron chi connectivity index (χ4n) is 1.67. The molecule has 0 saturated carbocycles. The normalized spacial score (nSPS) is 12.1. The number of Topliss-reactive ketones (excluding diaryl/α,β-unsaturated/α-hetero) is 1. The van der Waals surface area contributed by atoms with Crippen LogP contribution in [0.2, 0.25) is 0 Å². The van der Waals surface area contributed by atoms with E-state index in [0.29, 0.717) is 12.0 Å². The number of carbonyl (C=O) groups excluding carboxylic acids is 1. The van der Waals surface area contributed by atoms with E-state index in [4.69, 9.17) is 0 Å². The van der Waals surface area contributed by atoms with Crippen molar-refractivity contribution in [1.29, 1.82) is 0 Å². The highest BCUT2D eigenvalue weighted by molar-refractivity contribution is 5.96. The number of allylic oxidation sites excluding steroid dienone is 1. The van der Waals surface area contributed by atoms with Gasteiger partial charge in [-0.05, 0) is 36.6 Å². The second-order valence-corrected chi connectivity index (χ2v) is 3.92. The Kier molecular flexibility index (Phi) is 4.90. The lowest BCUT2D eigenvalue weighted by Gasteiger charge is -2.09. The van der Waals surface area contributed by atoms with Gasteiger partial charge >= 0.3 is 0 Å². The van der Waals surface area contributed by atoms with E-state index in [1.807, 2.05) is 6.08 Å². The van der Waals surface area contributed by atoms with Crippen LogP contribution in [0.25, 0.3) is 0 Å². The van der Waals surface area contributed by atoms with Crippen molar-refractivity contribution in [3.8, 4) is 0 Å². The highest BCUT2D eigenvalue weighted by atomic mass is 19.1. The van der Waals surface area contributed by atoms with Gasteiger partial charge in [-0.3, -0.25) is 4.79 Å². The molecule has 1 nitrogen and oxygen atoms in total. The number of benzene rings is 1. The Morgan fingerprint density at radius 3 is 2.56 bits per heavy atom. The summed E-state index contributed by atoms with van der Waals surface area (Å²) in [6, 6.07) is 5.69. The lowest BCUT2D eigenvalue weighted by molar-refractivity contribution is 0.0967. The lowest BCUT2D eigenvalue weighted by atomic mass is 9.94. The average Bonchev–Trinajstić information content (AvgIpc) is 2.29. The molecule has 0 bridgehead atoms. The van der Waals surface area contributed by atoms with Gasteiger partial charge in [0.1, 0.15) is 5.82 Å². The number of hydrogen-bond donors (Lipinski definition) is 0. The highest BCUT2D eigenvalue weighted by Crippen LogP contribution is 2.16. The maximum Gasteiger partial charge on any atom is 0.163 e. The molecular weight excluding hydrogens is 203 g/mol. The summed E-state index contributed by atoms with van der Waals surface area (Å²) in [5.41, 5.74) is 0.573. The van der Waals surface area contributed by atoms with E-state index in [1.165, 1.54) is 24.3 Å². The average molecular weight is 220 g/mol. The first kappa shape index (κ1) is 12.6. The van der Waals surface area contributed by atoms with Crippen LogP contribution in [-0.2, 0) is 0 Å². The van der Waals surface area contributed by atoms with E-state index >= 15 is 0 Å². The monoisotopic (exact) mass is 220 g/mol. The molecule has 0 amide bonds. The Labute approximate surface area is 96.0 Å². The molecule has 16 heavy (non-hydrogen) atoms. The predicted molar refractivity (Wildman–Crippen MR) is 63.9 cm³/mol. The fourth-order valence-corrected chi connectivity index (χ4v) is 1.67. The van der Waals surface area contributed by atoms with Crippen LogP contribution in [0.4, 0.5) is 4.39 Å². The van der Waals surface area contributed by atoms with Crippen LogP contribution in [0, 0.1) is 11.7 Å². The van der Waals surface area contributed by atoms with Crippen molar-refractivity contribution in [2.24, 2.45) is 5.92 Å². The van der Waals surface area contributed by atoms with Gasteiger partial charge in [0.25, 0.3) is 0 Å². The number of halogens is 1. The molecule has 0 aliphatic carbocycles. The zero-order valence-electron chi connectivity index (χ0n) is 9.58. The summed E-state index contributed by atoms with van der Waals surface area (Å²) < 4.78 is 12.7. The Balaban J connectivity index is 2.64. The quantitative estimate of drug-likeness (QED) is 0.523. The standard InChI is InChI=1S/C14H17FO/c1-3-5-11(4-2)10-14(16)12-6-8-13(15)9-7-12/h4,6-9,11H,2-3,5,10H2,1H3/t11-/m0/s1. The molecule has 0 saturated heterocycles. The molecule has 86 valence electrons. The summed E-state index contributed by atoms with van der Waals surface area (Å²) in [7, 11) is 0. The van der Waals surface area contributed by atoms with Crippen LogP contribution in [0.3, 0.4) is 0 Å². The molecule has 0 aliphatic heterocycles. The van der Waals surface area contributed by atoms with Crippen molar-refractivity contribution < 1.29 is 9.18 Å². The SMILES string of the molecule is C=C[C@@H](CCC)CC(=O)c1ccc(F)cc1. The van der Waals surface area contributed by atoms with Crippen molar-refractivity contribution in [3.63, 3.8) is 0 Å². The Morgan fingerprint density at radius 2 is 2.06 bits per heavy atom. The molecule has 0 radical (unpaired) electrons. The van der Waals surface area contributed by atoms with Gasteiger partial charge in [0, 0.05) is 12.0 Å². The third-order valence-electron chi connectivity index (χ3n) is 2.61. The van der Waals surface area contributed by atoms with Crippen LogP contribution in [-0.4, -0.2) is 5.78 Å². The maximum atomic E-state index is 12.7. The van der Waals surface area contributed by atoms with Crippen LogP contribution < -0.4 is 0 Å². The molecule has 1 aromatic rings. The first-order chi connectivity index (χ1) is 7.67. The molecule has 0 unspecified atom stereocenters. The van der Waals surface area contributed by atoms with Gasteiger partial charge in [-0.1, -0.05) is 19.4 Å². The molecule has 0 N–H and O–H groups in total. The van der Waals surface area contributed by atoms with Gasteiger partial charge in [-0.15, -0.1) is 6.58 Å². The largest absolute Gasteiger partial charge is 0.294 e. The third kappa shape index (κ3) is 3.61. The molecule has 0 heterocycles. The minimum absolute atomic E-state index is 0.0540. The zero-order chi connectivity index (χ0) is 12.0. The Morgan fingerprint density at radius 1 is 1.44 bits per heavy atom. The van der Waals surface area contributed by atoms with Gasteiger partial charge in [0.15, 0.2) is 5.78 Å². The lowest BCUT2D eigenvalue weighted by Crippen LogP contribution is -2.06. The minimum Gasteiger partial charge on any atom is -0.294 e. The maximum absolute atomic E-state index is 12.7. The van der Waals surface area contributed by atoms with E-state index < -0.39 is 0 Å². The second-order valence-electron chi connectivity index (χ2n) is 3.92. The molecule has 1 atom stereocenters. The molecule has 0 aromatic heterocycles. The van der Waals surface area contributed by atoms with Crippen LogP contribution in [0.5, 0.6) is 0 Å². The number of hydrogen-bond acceptors (Lipinski definition) is 1. The Hall–Kier alpha value is -1.44. The Bertz CT molecular complexity index is 354. The van der Waals surface area contributed by atoms with E-state index in [-0.39, 0.29) is 17.5 Å². The predicted octanol–water partition coefficient (Wildman–Crippen LogP) is 4.00. The zero-order valence-corrected chi connectivity index (χ0v) is 9.58. The first-order valence-electron chi connectivity index (χ1n) is 5.58. The van der Waals surface area contributed by atoms with Crippen molar-refractivity contribution in [2.75, 3.05) is 0 Å². The van der Waals surface area contributed by atoms with Gasteiger partial charge < -0.3 is 0 Å². The van der Waals surface area contributed by atoms with Gasteiger partial charge in [0.05, 0.1) is 0 Å². The van der Waals surface area contributed by atoms with Crippen LogP contribution >= 0.6 is 0 Å². The summed E-state index contributed by atoms with van der Waals surface area (Å²) in [5.74, 6) is -0.0359. The molecule has 0 spiro atoms. The number of ketones is 1.